The smallest absolute Gasteiger partial charge is 0.119 e. The summed E-state index contributed by atoms with van der Waals surface area (Å²) in [5.74, 6) is 1.71. The van der Waals surface area contributed by atoms with Crippen molar-refractivity contribution in [1.29, 1.82) is 0 Å². The zero-order chi connectivity index (χ0) is 12.1. The maximum atomic E-state index is 6.12. The standard InChI is InChI=1S/C15H23NO/c1-2-5-12-6-3-4-7-15(12)17-14-10-8-13(16)9-11-14/h8-12,15H,2-7,16H2,1H3. The molecule has 17 heavy (non-hydrogen) atoms. The van der Waals surface area contributed by atoms with Gasteiger partial charge in [-0.1, -0.05) is 19.8 Å². The van der Waals surface area contributed by atoms with Gasteiger partial charge in [0.1, 0.15) is 11.9 Å². The number of anilines is 1. The van der Waals surface area contributed by atoms with Crippen LogP contribution in [0, 0.1) is 5.92 Å². The predicted molar refractivity (Wildman–Crippen MR) is 72.1 cm³/mol. The third-order valence-electron chi connectivity index (χ3n) is 3.67. The molecule has 0 aromatic heterocycles. The van der Waals surface area contributed by atoms with Crippen LogP contribution in [-0.4, -0.2) is 6.10 Å². The van der Waals surface area contributed by atoms with Gasteiger partial charge in [-0.2, -0.15) is 0 Å². The molecule has 0 saturated heterocycles. The van der Waals surface area contributed by atoms with Crippen LogP contribution in [0.25, 0.3) is 0 Å². The molecular formula is C15H23NO. The van der Waals surface area contributed by atoms with Crippen molar-refractivity contribution in [3.63, 3.8) is 0 Å². The Bertz CT molecular complexity index is 331. The highest BCUT2D eigenvalue weighted by Crippen LogP contribution is 2.31. The SMILES string of the molecule is CCCC1CCCCC1Oc1ccc(N)cc1. The lowest BCUT2D eigenvalue weighted by molar-refractivity contribution is 0.0871. The highest BCUT2D eigenvalue weighted by atomic mass is 16.5. The molecular weight excluding hydrogens is 210 g/mol. The van der Waals surface area contributed by atoms with Crippen LogP contribution in [0.5, 0.6) is 5.75 Å². The van der Waals surface area contributed by atoms with Crippen LogP contribution in [0.2, 0.25) is 0 Å². The molecule has 2 rings (SSSR count). The summed E-state index contributed by atoms with van der Waals surface area (Å²) in [4.78, 5) is 0. The van der Waals surface area contributed by atoms with Crippen LogP contribution >= 0.6 is 0 Å². The fourth-order valence-corrected chi connectivity index (χ4v) is 2.75. The highest BCUT2D eigenvalue weighted by Gasteiger charge is 2.25. The molecule has 0 amide bonds. The summed E-state index contributed by atoms with van der Waals surface area (Å²) in [6.45, 7) is 2.26. The summed E-state index contributed by atoms with van der Waals surface area (Å²) in [5.41, 5.74) is 6.48. The van der Waals surface area contributed by atoms with E-state index in [9.17, 15) is 0 Å². The molecule has 1 aliphatic carbocycles. The second-order valence-corrected chi connectivity index (χ2v) is 5.06. The lowest BCUT2D eigenvalue weighted by Gasteiger charge is -2.31. The molecule has 2 unspecified atom stereocenters. The van der Waals surface area contributed by atoms with E-state index >= 15 is 0 Å². The largest absolute Gasteiger partial charge is 0.490 e. The second-order valence-electron chi connectivity index (χ2n) is 5.06. The van der Waals surface area contributed by atoms with Crippen molar-refractivity contribution in [2.45, 2.75) is 51.6 Å². The van der Waals surface area contributed by atoms with Gasteiger partial charge >= 0.3 is 0 Å². The fourth-order valence-electron chi connectivity index (χ4n) is 2.75. The van der Waals surface area contributed by atoms with E-state index in [1.807, 2.05) is 24.3 Å². The summed E-state index contributed by atoms with van der Waals surface area (Å²) in [6, 6.07) is 7.78. The highest BCUT2D eigenvalue weighted by molar-refractivity contribution is 5.41. The molecule has 0 radical (unpaired) electrons. The fraction of sp³-hybridized carbons (Fsp3) is 0.600. The van der Waals surface area contributed by atoms with E-state index in [4.69, 9.17) is 10.5 Å². The Balaban J connectivity index is 1.97. The zero-order valence-corrected chi connectivity index (χ0v) is 10.7. The Hall–Kier alpha value is -1.18. The number of rotatable bonds is 4. The summed E-state index contributed by atoms with van der Waals surface area (Å²) >= 11 is 0. The van der Waals surface area contributed by atoms with E-state index in [0.717, 1.165) is 17.4 Å². The van der Waals surface area contributed by atoms with Crippen LogP contribution in [0.1, 0.15) is 45.4 Å². The Labute approximate surface area is 104 Å². The third kappa shape index (κ3) is 3.39. The van der Waals surface area contributed by atoms with E-state index in [1.165, 1.54) is 38.5 Å². The minimum atomic E-state index is 0.410. The van der Waals surface area contributed by atoms with Gasteiger partial charge in [0.25, 0.3) is 0 Å². The molecule has 2 N–H and O–H groups in total. The van der Waals surface area contributed by atoms with E-state index in [0.29, 0.717) is 6.10 Å². The Morgan fingerprint density at radius 1 is 1.18 bits per heavy atom. The molecule has 1 aliphatic rings. The van der Waals surface area contributed by atoms with E-state index in [1.54, 1.807) is 0 Å². The minimum Gasteiger partial charge on any atom is -0.490 e. The zero-order valence-electron chi connectivity index (χ0n) is 10.7. The topological polar surface area (TPSA) is 35.2 Å². The summed E-state index contributed by atoms with van der Waals surface area (Å²) in [7, 11) is 0. The maximum absolute atomic E-state index is 6.12. The summed E-state index contributed by atoms with van der Waals surface area (Å²) in [5, 5.41) is 0. The lowest BCUT2D eigenvalue weighted by Crippen LogP contribution is -2.30. The molecule has 2 nitrogen and oxygen atoms in total. The van der Waals surface area contributed by atoms with Gasteiger partial charge in [0.05, 0.1) is 0 Å². The quantitative estimate of drug-likeness (QED) is 0.798. The monoisotopic (exact) mass is 233 g/mol. The average molecular weight is 233 g/mol. The first-order valence-corrected chi connectivity index (χ1v) is 6.82. The van der Waals surface area contributed by atoms with Gasteiger partial charge in [0.2, 0.25) is 0 Å². The van der Waals surface area contributed by atoms with Gasteiger partial charge in [-0.25, -0.2) is 0 Å². The molecule has 2 heteroatoms. The number of nitrogen functional groups attached to an aromatic ring is 1. The van der Waals surface area contributed by atoms with Gasteiger partial charge in [-0.05, 0) is 55.9 Å². The van der Waals surface area contributed by atoms with E-state index < -0.39 is 0 Å². The van der Waals surface area contributed by atoms with Crippen molar-refractivity contribution in [2.75, 3.05) is 5.73 Å². The number of hydrogen-bond acceptors (Lipinski definition) is 2. The van der Waals surface area contributed by atoms with Crippen LogP contribution < -0.4 is 10.5 Å². The summed E-state index contributed by atoms with van der Waals surface area (Å²) in [6.07, 6.45) is 8.16. The lowest BCUT2D eigenvalue weighted by atomic mass is 9.83. The molecule has 0 spiro atoms. The molecule has 0 bridgehead atoms. The van der Waals surface area contributed by atoms with Crippen LogP contribution in [0.3, 0.4) is 0 Å². The van der Waals surface area contributed by atoms with Crippen LogP contribution in [0.15, 0.2) is 24.3 Å². The molecule has 2 atom stereocenters. The first-order valence-electron chi connectivity index (χ1n) is 6.82. The van der Waals surface area contributed by atoms with Gasteiger partial charge in [-0.3, -0.25) is 0 Å². The Kier molecular flexibility index (Phi) is 4.29. The first kappa shape index (κ1) is 12.3. The van der Waals surface area contributed by atoms with E-state index in [-0.39, 0.29) is 0 Å². The average Bonchev–Trinajstić information content (AvgIpc) is 2.35. The molecule has 94 valence electrons. The minimum absolute atomic E-state index is 0.410. The second kappa shape index (κ2) is 5.95. The van der Waals surface area contributed by atoms with Crippen LogP contribution in [0.4, 0.5) is 5.69 Å². The number of hydrogen-bond donors (Lipinski definition) is 1. The first-order chi connectivity index (χ1) is 8.29. The van der Waals surface area contributed by atoms with Gasteiger partial charge in [0, 0.05) is 5.69 Å². The normalized spacial score (nSPS) is 24.5. The summed E-state index contributed by atoms with van der Waals surface area (Å²) < 4.78 is 6.12. The van der Waals surface area contributed by atoms with E-state index in [2.05, 4.69) is 6.92 Å². The number of benzene rings is 1. The van der Waals surface area contributed by atoms with Crippen molar-refractivity contribution < 1.29 is 4.74 Å². The maximum Gasteiger partial charge on any atom is 0.119 e. The Morgan fingerprint density at radius 2 is 1.88 bits per heavy atom. The predicted octanol–water partition coefficient (Wildman–Crippen LogP) is 4.01. The van der Waals surface area contributed by atoms with Crippen molar-refractivity contribution in [2.24, 2.45) is 5.92 Å². The number of ether oxygens (including phenoxy) is 1. The molecule has 0 heterocycles. The van der Waals surface area contributed by atoms with Crippen molar-refractivity contribution in [1.82, 2.24) is 0 Å². The van der Waals surface area contributed by atoms with Crippen molar-refractivity contribution >= 4 is 5.69 Å². The Morgan fingerprint density at radius 3 is 2.59 bits per heavy atom. The van der Waals surface area contributed by atoms with Gasteiger partial charge in [0.15, 0.2) is 0 Å². The molecule has 1 aromatic rings. The van der Waals surface area contributed by atoms with Crippen molar-refractivity contribution in [3.8, 4) is 5.75 Å². The van der Waals surface area contributed by atoms with Gasteiger partial charge in [-0.15, -0.1) is 0 Å². The van der Waals surface area contributed by atoms with Gasteiger partial charge < -0.3 is 10.5 Å². The van der Waals surface area contributed by atoms with Crippen molar-refractivity contribution in [3.05, 3.63) is 24.3 Å². The number of nitrogens with two attached hydrogens (primary N) is 1. The van der Waals surface area contributed by atoms with Crippen LogP contribution in [-0.2, 0) is 0 Å². The molecule has 0 aliphatic heterocycles. The molecule has 1 aromatic carbocycles. The third-order valence-corrected chi connectivity index (χ3v) is 3.67. The molecule has 1 fully saturated rings. The molecule has 1 saturated carbocycles.